The Bertz CT molecular complexity index is 614. The Hall–Kier alpha value is -2.20. The van der Waals surface area contributed by atoms with Crippen LogP contribution in [0.4, 0.5) is 10.5 Å². The van der Waals surface area contributed by atoms with E-state index in [1.165, 1.54) is 0 Å². The van der Waals surface area contributed by atoms with E-state index in [-0.39, 0.29) is 6.03 Å². The summed E-state index contributed by atoms with van der Waals surface area (Å²) in [5.41, 5.74) is 1.70. The van der Waals surface area contributed by atoms with Gasteiger partial charge in [-0.2, -0.15) is 0 Å². The first kappa shape index (κ1) is 15.2. The lowest BCUT2D eigenvalue weighted by Gasteiger charge is -2.18. The highest BCUT2D eigenvalue weighted by atomic mass is 35.5. The van der Waals surface area contributed by atoms with Crippen LogP contribution in [-0.2, 0) is 6.54 Å². The maximum Gasteiger partial charge on any atom is 0.321 e. The number of urea groups is 1. The fourth-order valence-corrected chi connectivity index (χ4v) is 2.09. The van der Waals surface area contributed by atoms with Gasteiger partial charge < -0.3 is 15.0 Å². The van der Waals surface area contributed by atoms with Crippen LogP contribution in [0, 0.1) is 0 Å². The van der Waals surface area contributed by atoms with Gasteiger partial charge in [0.05, 0.1) is 7.11 Å². The van der Waals surface area contributed by atoms with Gasteiger partial charge in [-0.15, -0.1) is 0 Å². The van der Waals surface area contributed by atoms with Crippen LogP contribution < -0.4 is 10.1 Å². The molecule has 0 bridgehead atoms. The second-order valence-corrected chi connectivity index (χ2v) is 5.08. The molecule has 2 aromatic carbocycles. The molecule has 2 rings (SSSR count). The third kappa shape index (κ3) is 4.39. The van der Waals surface area contributed by atoms with Crippen LogP contribution in [0.2, 0.25) is 5.02 Å². The number of anilines is 1. The molecule has 0 aliphatic carbocycles. The summed E-state index contributed by atoms with van der Waals surface area (Å²) in [7, 11) is 3.34. The Morgan fingerprint density at radius 1 is 1.24 bits per heavy atom. The molecule has 0 aliphatic heterocycles. The van der Waals surface area contributed by atoms with Crippen LogP contribution in [-0.4, -0.2) is 25.1 Å². The molecule has 110 valence electrons. The SMILES string of the molecule is COc1ccc(NC(=O)N(C)Cc2cccc(Cl)c2)cc1. The summed E-state index contributed by atoms with van der Waals surface area (Å²) < 4.78 is 5.08. The minimum absolute atomic E-state index is 0.180. The maximum absolute atomic E-state index is 12.1. The topological polar surface area (TPSA) is 41.6 Å². The largest absolute Gasteiger partial charge is 0.497 e. The third-order valence-corrected chi connectivity index (χ3v) is 3.23. The molecule has 0 unspecified atom stereocenters. The Morgan fingerprint density at radius 2 is 1.95 bits per heavy atom. The van der Waals surface area contributed by atoms with Crippen LogP contribution >= 0.6 is 11.6 Å². The Balaban J connectivity index is 1.95. The summed E-state index contributed by atoms with van der Waals surface area (Å²) in [6.45, 7) is 0.489. The third-order valence-electron chi connectivity index (χ3n) is 3.00. The van der Waals surface area contributed by atoms with Gasteiger partial charge in [-0.3, -0.25) is 0 Å². The Morgan fingerprint density at radius 3 is 2.57 bits per heavy atom. The number of amides is 2. The highest BCUT2D eigenvalue weighted by Gasteiger charge is 2.09. The second kappa shape index (κ2) is 6.99. The zero-order chi connectivity index (χ0) is 15.2. The van der Waals surface area contributed by atoms with Gasteiger partial charge >= 0.3 is 6.03 Å². The quantitative estimate of drug-likeness (QED) is 0.927. The van der Waals surface area contributed by atoms with Gasteiger partial charge in [-0.05, 0) is 42.0 Å². The van der Waals surface area contributed by atoms with Crippen molar-refractivity contribution >= 4 is 23.3 Å². The van der Waals surface area contributed by atoms with Crippen LogP contribution in [0.3, 0.4) is 0 Å². The van der Waals surface area contributed by atoms with Crippen molar-refractivity contribution in [2.45, 2.75) is 6.54 Å². The number of nitrogens with zero attached hydrogens (tertiary/aromatic N) is 1. The predicted octanol–water partition coefficient (Wildman–Crippen LogP) is 4.01. The highest BCUT2D eigenvalue weighted by molar-refractivity contribution is 6.30. The molecular weight excluding hydrogens is 288 g/mol. The average Bonchev–Trinajstić information content (AvgIpc) is 2.48. The summed E-state index contributed by atoms with van der Waals surface area (Å²) in [6.07, 6.45) is 0. The van der Waals surface area contributed by atoms with Crippen molar-refractivity contribution in [3.8, 4) is 5.75 Å². The van der Waals surface area contributed by atoms with E-state index < -0.39 is 0 Å². The molecule has 1 N–H and O–H groups in total. The molecule has 0 radical (unpaired) electrons. The molecule has 21 heavy (non-hydrogen) atoms. The molecule has 0 saturated carbocycles. The summed E-state index contributed by atoms with van der Waals surface area (Å²) in [5.74, 6) is 0.750. The van der Waals surface area contributed by atoms with Crippen LogP contribution in [0.25, 0.3) is 0 Å². The Labute approximate surface area is 129 Å². The van der Waals surface area contributed by atoms with E-state index in [1.807, 2.05) is 24.3 Å². The van der Waals surface area contributed by atoms with Crippen molar-refractivity contribution in [2.24, 2.45) is 0 Å². The first-order valence-electron chi connectivity index (χ1n) is 6.49. The molecule has 0 spiro atoms. The van der Waals surface area contributed by atoms with E-state index in [0.29, 0.717) is 11.6 Å². The normalized spacial score (nSPS) is 10.0. The first-order valence-corrected chi connectivity index (χ1v) is 6.87. The number of hydrogen-bond acceptors (Lipinski definition) is 2. The standard InChI is InChI=1S/C16H17ClN2O2/c1-19(11-12-4-3-5-13(17)10-12)16(20)18-14-6-8-15(21-2)9-7-14/h3-10H,11H2,1-2H3,(H,18,20). The Kier molecular flexibility index (Phi) is 5.06. The minimum Gasteiger partial charge on any atom is -0.497 e. The van der Waals surface area contributed by atoms with E-state index in [2.05, 4.69) is 5.32 Å². The van der Waals surface area contributed by atoms with Crippen molar-refractivity contribution in [1.29, 1.82) is 0 Å². The van der Waals surface area contributed by atoms with E-state index in [0.717, 1.165) is 17.0 Å². The van der Waals surface area contributed by atoms with Crippen molar-refractivity contribution in [2.75, 3.05) is 19.5 Å². The van der Waals surface area contributed by atoms with E-state index in [4.69, 9.17) is 16.3 Å². The van der Waals surface area contributed by atoms with Gasteiger partial charge in [0.15, 0.2) is 0 Å². The van der Waals surface area contributed by atoms with E-state index in [1.54, 1.807) is 43.3 Å². The lowest BCUT2D eigenvalue weighted by molar-refractivity contribution is 0.220. The van der Waals surface area contributed by atoms with Gasteiger partial charge in [0, 0.05) is 24.3 Å². The molecule has 2 amide bonds. The fraction of sp³-hybridized carbons (Fsp3) is 0.188. The number of nitrogens with one attached hydrogen (secondary N) is 1. The van der Waals surface area contributed by atoms with Gasteiger partial charge in [0.2, 0.25) is 0 Å². The number of carbonyl (C=O) groups excluding carboxylic acids is 1. The number of halogens is 1. The average molecular weight is 305 g/mol. The minimum atomic E-state index is -0.180. The molecule has 5 heteroatoms. The number of hydrogen-bond donors (Lipinski definition) is 1. The molecule has 0 heterocycles. The molecule has 0 atom stereocenters. The van der Waals surface area contributed by atoms with Crippen molar-refractivity contribution in [3.63, 3.8) is 0 Å². The van der Waals surface area contributed by atoms with Crippen LogP contribution in [0.15, 0.2) is 48.5 Å². The molecule has 0 saturated heterocycles. The first-order chi connectivity index (χ1) is 10.1. The highest BCUT2D eigenvalue weighted by Crippen LogP contribution is 2.16. The molecular formula is C16H17ClN2O2. The summed E-state index contributed by atoms with van der Waals surface area (Å²) in [4.78, 5) is 13.7. The van der Waals surface area contributed by atoms with Crippen molar-refractivity contribution in [1.82, 2.24) is 4.90 Å². The number of rotatable bonds is 4. The van der Waals surface area contributed by atoms with Gasteiger partial charge in [-0.1, -0.05) is 23.7 Å². The van der Waals surface area contributed by atoms with E-state index in [9.17, 15) is 4.79 Å². The van der Waals surface area contributed by atoms with Crippen molar-refractivity contribution < 1.29 is 9.53 Å². The number of carbonyl (C=O) groups is 1. The van der Waals surface area contributed by atoms with Gasteiger partial charge in [-0.25, -0.2) is 4.79 Å². The maximum atomic E-state index is 12.1. The van der Waals surface area contributed by atoms with Gasteiger partial charge in [0.25, 0.3) is 0 Å². The zero-order valence-electron chi connectivity index (χ0n) is 12.0. The monoisotopic (exact) mass is 304 g/mol. The molecule has 2 aromatic rings. The molecule has 0 aromatic heterocycles. The second-order valence-electron chi connectivity index (χ2n) is 4.64. The molecule has 4 nitrogen and oxygen atoms in total. The van der Waals surface area contributed by atoms with Gasteiger partial charge in [0.1, 0.15) is 5.75 Å². The predicted molar refractivity (Wildman–Crippen MR) is 84.9 cm³/mol. The number of ether oxygens (including phenoxy) is 1. The van der Waals surface area contributed by atoms with Crippen LogP contribution in [0.5, 0.6) is 5.75 Å². The summed E-state index contributed by atoms with van der Waals surface area (Å²) in [5, 5.41) is 3.49. The zero-order valence-corrected chi connectivity index (χ0v) is 12.7. The summed E-state index contributed by atoms with van der Waals surface area (Å²) >= 11 is 5.94. The van der Waals surface area contributed by atoms with E-state index >= 15 is 0 Å². The lowest BCUT2D eigenvalue weighted by Crippen LogP contribution is -2.30. The van der Waals surface area contributed by atoms with Crippen molar-refractivity contribution in [3.05, 3.63) is 59.1 Å². The smallest absolute Gasteiger partial charge is 0.321 e. The number of methoxy groups -OCH3 is 1. The summed E-state index contributed by atoms with van der Waals surface area (Å²) in [6, 6.07) is 14.5. The number of benzene rings is 2. The molecule has 0 aliphatic rings. The van der Waals surface area contributed by atoms with Crippen LogP contribution in [0.1, 0.15) is 5.56 Å². The lowest BCUT2D eigenvalue weighted by atomic mass is 10.2. The fourth-order valence-electron chi connectivity index (χ4n) is 1.87. The molecule has 0 fully saturated rings.